The molecular formula is C5H8N2. The quantitative estimate of drug-likeness (QED) is 0.407. The Bertz CT molecular complexity index is 128. The number of hydrogen-bond acceptors (Lipinski definition) is 2. The molecule has 2 aliphatic heterocycles. The number of piperazine rings is 1. The van der Waals surface area contributed by atoms with E-state index in [0.717, 1.165) is 12.1 Å². The van der Waals surface area contributed by atoms with Crippen LogP contribution in [-0.2, 0) is 0 Å². The van der Waals surface area contributed by atoms with E-state index in [4.69, 9.17) is 0 Å². The second kappa shape index (κ2) is 0.565. The highest BCUT2D eigenvalue weighted by atomic mass is 15.4. The lowest BCUT2D eigenvalue weighted by molar-refractivity contribution is 0.151. The largest absolute Gasteiger partial charge is 0.307 e. The fourth-order valence-electron chi connectivity index (χ4n) is 1.89. The van der Waals surface area contributed by atoms with Gasteiger partial charge in [-0.05, 0) is 6.42 Å². The fourth-order valence-corrected chi connectivity index (χ4v) is 1.89. The molecule has 1 saturated carbocycles. The van der Waals surface area contributed by atoms with Crippen LogP contribution < -0.4 is 10.6 Å². The van der Waals surface area contributed by atoms with Crippen molar-refractivity contribution in [2.45, 2.75) is 24.0 Å². The maximum atomic E-state index is 3.44. The monoisotopic (exact) mass is 96.1 g/mol. The Kier molecular flexibility index (Phi) is 0.246. The number of nitrogens with one attached hydrogen (secondary N) is 2. The van der Waals surface area contributed by atoms with Crippen LogP contribution in [-0.4, -0.2) is 24.2 Å². The van der Waals surface area contributed by atoms with Crippen LogP contribution in [0.1, 0.15) is 6.42 Å². The van der Waals surface area contributed by atoms with Crippen LogP contribution in [0.15, 0.2) is 0 Å². The Morgan fingerprint density at radius 2 is 2.43 bits per heavy atom. The van der Waals surface area contributed by atoms with Gasteiger partial charge in [0.05, 0.1) is 5.54 Å². The molecule has 2 N–H and O–H groups in total. The first-order valence-electron chi connectivity index (χ1n) is 2.93. The maximum Gasteiger partial charge on any atom is 0.0519 e. The van der Waals surface area contributed by atoms with Gasteiger partial charge in [0.15, 0.2) is 0 Å². The van der Waals surface area contributed by atoms with Crippen LogP contribution in [0.3, 0.4) is 0 Å². The van der Waals surface area contributed by atoms with Crippen LogP contribution in [0.2, 0.25) is 0 Å². The Morgan fingerprint density at radius 3 is 2.43 bits per heavy atom. The van der Waals surface area contributed by atoms with E-state index in [-0.39, 0.29) is 0 Å². The van der Waals surface area contributed by atoms with Crippen molar-refractivity contribution < 1.29 is 0 Å². The van der Waals surface area contributed by atoms with Crippen molar-refractivity contribution in [3.63, 3.8) is 0 Å². The van der Waals surface area contributed by atoms with Crippen molar-refractivity contribution in [2.24, 2.45) is 0 Å². The summed E-state index contributed by atoms with van der Waals surface area (Å²) in [5.74, 6) is 0. The molecule has 0 aromatic heterocycles. The Labute approximate surface area is 42.3 Å². The summed E-state index contributed by atoms with van der Waals surface area (Å²) in [4.78, 5) is 0. The van der Waals surface area contributed by atoms with Crippen molar-refractivity contribution >= 4 is 0 Å². The van der Waals surface area contributed by atoms with Gasteiger partial charge in [-0.1, -0.05) is 0 Å². The summed E-state index contributed by atoms with van der Waals surface area (Å²) >= 11 is 0. The van der Waals surface area contributed by atoms with Gasteiger partial charge in [0.1, 0.15) is 0 Å². The Balaban J connectivity index is 2.06. The lowest BCUT2D eigenvalue weighted by Crippen LogP contribution is -2.77. The summed E-state index contributed by atoms with van der Waals surface area (Å²) in [5, 5.41) is 6.88. The molecule has 2 nitrogen and oxygen atoms in total. The highest BCUT2D eigenvalue weighted by molar-refractivity contribution is 5.36. The molecule has 1 aliphatic carbocycles. The normalized spacial score (nSPS) is 72.0. The van der Waals surface area contributed by atoms with E-state index in [1.165, 1.54) is 13.0 Å². The molecule has 2 heteroatoms. The molecule has 1 spiro atoms. The van der Waals surface area contributed by atoms with Crippen LogP contribution in [0.25, 0.3) is 0 Å². The van der Waals surface area contributed by atoms with E-state index >= 15 is 0 Å². The highest BCUT2D eigenvalue weighted by Crippen LogP contribution is 2.52. The van der Waals surface area contributed by atoms with Crippen LogP contribution in [0, 0.1) is 0 Å². The lowest BCUT2D eigenvalue weighted by atomic mass is 9.90. The van der Waals surface area contributed by atoms with E-state index in [1.807, 2.05) is 0 Å². The third-order valence-corrected chi connectivity index (χ3v) is 2.66. The van der Waals surface area contributed by atoms with Gasteiger partial charge in [0.25, 0.3) is 0 Å². The molecular weight excluding hydrogens is 88.1 g/mol. The zero-order chi connectivity index (χ0) is 4.48. The van der Waals surface area contributed by atoms with Gasteiger partial charge in [-0.15, -0.1) is 0 Å². The van der Waals surface area contributed by atoms with Gasteiger partial charge in [-0.2, -0.15) is 0 Å². The molecule has 3 aliphatic rings. The standard InChI is InChI=1S/C5H8N2/c1-3-5(1)4(7-3)2-6-5/h3-4,6-7H,1-2H2. The average Bonchev–Trinajstić information content (AvgIpc) is 2.32. The molecule has 7 heavy (non-hydrogen) atoms. The fraction of sp³-hybridized carbons (Fsp3) is 1.00. The van der Waals surface area contributed by atoms with Gasteiger partial charge in [-0.3, -0.25) is 0 Å². The average molecular weight is 96.1 g/mol. The molecule has 3 fully saturated rings. The van der Waals surface area contributed by atoms with E-state index in [1.54, 1.807) is 0 Å². The van der Waals surface area contributed by atoms with E-state index < -0.39 is 0 Å². The summed E-state index contributed by atoms with van der Waals surface area (Å²) in [7, 11) is 0. The van der Waals surface area contributed by atoms with Crippen LogP contribution >= 0.6 is 0 Å². The molecule has 2 saturated heterocycles. The first kappa shape index (κ1) is 3.05. The van der Waals surface area contributed by atoms with E-state index in [0.29, 0.717) is 5.54 Å². The molecule has 38 valence electrons. The second-order valence-corrected chi connectivity index (χ2v) is 2.90. The van der Waals surface area contributed by atoms with Gasteiger partial charge in [0, 0.05) is 18.6 Å². The number of hydrogen-bond donors (Lipinski definition) is 2. The highest BCUT2D eigenvalue weighted by Gasteiger charge is 2.72. The van der Waals surface area contributed by atoms with Crippen molar-refractivity contribution in [1.82, 2.24) is 10.6 Å². The molecule has 0 amide bonds. The maximum absolute atomic E-state index is 3.44. The summed E-state index contributed by atoms with van der Waals surface area (Å²) in [5.41, 5.74) is 0.667. The first-order chi connectivity index (χ1) is 3.42. The molecule has 0 aromatic rings. The van der Waals surface area contributed by atoms with Crippen molar-refractivity contribution in [2.75, 3.05) is 6.54 Å². The number of rotatable bonds is 0. The summed E-state index contributed by atoms with van der Waals surface area (Å²) in [6.45, 7) is 1.22. The zero-order valence-electron chi connectivity index (χ0n) is 4.07. The van der Waals surface area contributed by atoms with Crippen LogP contribution in [0.5, 0.6) is 0 Å². The summed E-state index contributed by atoms with van der Waals surface area (Å²) in [6, 6.07) is 1.75. The predicted molar refractivity (Wildman–Crippen MR) is 26.1 cm³/mol. The SMILES string of the molecule is C1NC23CC2NC13. The summed E-state index contributed by atoms with van der Waals surface area (Å²) < 4.78 is 0. The van der Waals surface area contributed by atoms with E-state index in [2.05, 4.69) is 10.6 Å². The molecule has 3 rings (SSSR count). The molecule has 0 bridgehead atoms. The lowest BCUT2D eigenvalue weighted by Gasteiger charge is -2.48. The van der Waals surface area contributed by atoms with Gasteiger partial charge >= 0.3 is 0 Å². The molecule has 3 unspecified atom stereocenters. The smallest absolute Gasteiger partial charge is 0.0519 e. The second-order valence-electron chi connectivity index (χ2n) is 2.90. The zero-order valence-corrected chi connectivity index (χ0v) is 4.07. The van der Waals surface area contributed by atoms with Gasteiger partial charge in [-0.25, -0.2) is 0 Å². The third kappa shape index (κ3) is 0.146. The third-order valence-electron chi connectivity index (χ3n) is 2.66. The molecule has 0 aromatic carbocycles. The minimum Gasteiger partial charge on any atom is -0.307 e. The Morgan fingerprint density at radius 1 is 1.43 bits per heavy atom. The van der Waals surface area contributed by atoms with Gasteiger partial charge < -0.3 is 10.6 Å². The predicted octanol–water partition coefficient (Wildman–Crippen LogP) is -0.928. The minimum absolute atomic E-state index is 0.667. The van der Waals surface area contributed by atoms with Crippen molar-refractivity contribution in [3.8, 4) is 0 Å². The van der Waals surface area contributed by atoms with Gasteiger partial charge in [0.2, 0.25) is 0 Å². The molecule has 2 heterocycles. The Hall–Kier alpha value is -0.0800. The topological polar surface area (TPSA) is 24.1 Å². The summed E-state index contributed by atoms with van der Waals surface area (Å²) in [6.07, 6.45) is 1.40. The van der Waals surface area contributed by atoms with Crippen molar-refractivity contribution in [1.29, 1.82) is 0 Å². The molecule has 3 atom stereocenters. The minimum atomic E-state index is 0.667. The van der Waals surface area contributed by atoms with E-state index in [9.17, 15) is 0 Å². The van der Waals surface area contributed by atoms with Crippen molar-refractivity contribution in [3.05, 3.63) is 0 Å². The first-order valence-corrected chi connectivity index (χ1v) is 2.93. The molecule has 0 radical (unpaired) electrons. The van der Waals surface area contributed by atoms with Crippen LogP contribution in [0.4, 0.5) is 0 Å².